The Balaban J connectivity index is 2.37. The maximum atomic E-state index is 5.97. The number of rotatable bonds is 8. The van der Waals surface area contributed by atoms with Gasteiger partial charge in [-0.1, -0.05) is 11.6 Å². The summed E-state index contributed by atoms with van der Waals surface area (Å²) >= 11 is 7.69. The van der Waals surface area contributed by atoms with E-state index in [1.54, 1.807) is 11.8 Å². The molecule has 0 unspecified atom stereocenters. The summed E-state index contributed by atoms with van der Waals surface area (Å²) in [4.78, 5) is 1.11. The summed E-state index contributed by atoms with van der Waals surface area (Å²) < 4.78 is 11.0. The van der Waals surface area contributed by atoms with Crippen LogP contribution in [-0.4, -0.2) is 25.3 Å². The number of anilines is 1. The summed E-state index contributed by atoms with van der Waals surface area (Å²) in [6.45, 7) is 5.28. The minimum atomic E-state index is -0.114. The average molecular weight is 290 g/mol. The van der Waals surface area contributed by atoms with E-state index in [9.17, 15) is 0 Å². The fraction of sp³-hybridized carbons (Fsp3) is 0.538. The molecule has 0 fully saturated rings. The van der Waals surface area contributed by atoms with E-state index in [0.717, 1.165) is 17.1 Å². The van der Waals surface area contributed by atoms with Gasteiger partial charge in [-0.15, -0.1) is 11.8 Å². The molecule has 5 heteroatoms. The number of thioether (sulfide) groups is 1. The highest BCUT2D eigenvalue weighted by atomic mass is 35.5. The topological polar surface area (TPSA) is 44.5 Å². The van der Waals surface area contributed by atoms with Crippen molar-refractivity contribution < 1.29 is 9.47 Å². The number of halogens is 1. The number of hydrogen-bond acceptors (Lipinski definition) is 4. The molecule has 1 aromatic carbocycles. The van der Waals surface area contributed by atoms with Crippen molar-refractivity contribution in [2.24, 2.45) is 0 Å². The first-order chi connectivity index (χ1) is 8.67. The van der Waals surface area contributed by atoms with Gasteiger partial charge in [0.05, 0.1) is 10.7 Å². The van der Waals surface area contributed by atoms with Gasteiger partial charge in [-0.3, -0.25) is 0 Å². The van der Waals surface area contributed by atoms with Crippen LogP contribution in [0.3, 0.4) is 0 Å². The maximum absolute atomic E-state index is 5.97. The number of benzene rings is 1. The molecule has 0 aliphatic carbocycles. The molecule has 0 aromatic heterocycles. The summed E-state index contributed by atoms with van der Waals surface area (Å²) in [5.74, 6) is 0.922. The smallest absolute Gasteiger partial charge is 0.158 e. The van der Waals surface area contributed by atoms with Gasteiger partial charge in [-0.2, -0.15) is 0 Å². The van der Waals surface area contributed by atoms with Crippen LogP contribution in [0.2, 0.25) is 5.02 Å². The van der Waals surface area contributed by atoms with Gasteiger partial charge in [0, 0.05) is 30.3 Å². The van der Waals surface area contributed by atoms with Crippen molar-refractivity contribution >= 4 is 29.1 Å². The van der Waals surface area contributed by atoms with Crippen molar-refractivity contribution in [1.29, 1.82) is 0 Å². The van der Waals surface area contributed by atoms with Crippen LogP contribution >= 0.6 is 23.4 Å². The highest BCUT2D eigenvalue weighted by Crippen LogP contribution is 2.27. The highest BCUT2D eigenvalue weighted by molar-refractivity contribution is 7.99. The average Bonchev–Trinajstić information content (AvgIpc) is 2.34. The maximum Gasteiger partial charge on any atom is 0.158 e. The van der Waals surface area contributed by atoms with Crippen molar-refractivity contribution in [1.82, 2.24) is 0 Å². The van der Waals surface area contributed by atoms with Gasteiger partial charge < -0.3 is 15.2 Å². The van der Waals surface area contributed by atoms with Gasteiger partial charge in [0.25, 0.3) is 0 Å². The summed E-state index contributed by atoms with van der Waals surface area (Å²) in [7, 11) is 0. The predicted molar refractivity (Wildman–Crippen MR) is 78.2 cm³/mol. The summed E-state index contributed by atoms with van der Waals surface area (Å²) in [6.07, 6.45) is 0.741. The molecule has 3 nitrogen and oxygen atoms in total. The Morgan fingerprint density at radius 2 is 1.94 bits per heavy atom. The minimum absolute atomic E-state index is 0.114. The van der Waals surface area contributed by atoms with E-state index in [2.05, 4.69) is 0 Å². The molecule has 0 bridgehead atoms. The summed E-state index contributed by atoms with van der Waals surface area (Å²) in [5, 5.41) is 0.603. The standard InChI is InChI=1S/C13H20ClNO2S/c1-3-16-13(17-4-2)7-8-18-10-5-6-12(15)11(14)9-10/h5-6,9,13H,3-4,7-8,15H2,1-2H3. The van der Waals surface area contributed by atoms with E-state index in [1.165, 1.54) is 0 Å². The van der Waals surface area contributed by atoms with Crippen molar-refractivity contribution in [3.8, 4) is 0 Å². The molecule has 0 saturated carbocycles. The lowest BCUT2D eigenvalue weighted by atomic mass is 10.3. The molecule has 0 heterocycles. The first kappa shape index (κ1) is 15.6. The minimum Gasteiger partial charge on any atom is -0.398 e. The molecule has 18 heavy (non-hydrogen) atoms. The SMILES string of the molecule is CCOC(CCSc1ccc(N)c(Cl)c1)OCC. The van der Waals surface area contributed by atoms with E-state index in [1.807, 2.05) is 32.0 Å². The van der Waals surface area contributed by atoms with E-state index in [4.69, 9.17) is 26.8 Å². The first-order valence-electron chi connectivity index (χ1n) is 6.08. The predicted octanol–water partition coefficient (Wildman–Crippen LogP) is 3.80. The van der Waals surface area contributed by atoms with E-state index in [-0.39, 0.29) is 6.29 Å². The number of nitrogen functional groups attached to an aromatic ring is 1. The summed E-state index contributed by atoms with van der Waals surface area (Å²) in [5.41, 5.74) is 6.28. The lowest BCUT2D eigenvalue weighted by molar-refractivity contribution is -0.136. The molecule has 0 saturated heterocycles. The monoisotopic (exact) mass is 289 g/mol. The van der Waals surface area contributed by atoms with Crippen LogP contribution in [-0.2, 0) is 9.47 Å². The molecule has 102 valence electrons. The summed E-state index contributed by atoms with van der Waals surface area (Å²) in [6, 6.07) is 5.69. The van der Waals surface area contributed by atoms with Crippen molar-refractivity contribution in [3.05, 3.63) is 23.2 Å². The third-order valence-corrected chi connectivity index (χ3v) is 3.65. The van der Waals surface area contributed by atoms with Gasteiger partial charge in [0.2, 0.25) is 0 Å². The van der Waals surface area contributed by atoms with Gasteiger partial charge in [-0.05, 0) is 32.0 Å². The van der Waals surface area contributed by atoms with Crippen LogP contribution in [0.1, 0.15) is 20.3 Å². The Morgan fingerprint density at radius 3 is 2.50 bits per heavy atom. The third kappa shape index (κ3) is 5.48. The molecule has 0 radical (unpaired) electrons. The number of nitrogens with two attached hydrogens (primary N) is 1. The Labute approximate surface area is 118 Å². The Kier molecular flexibility index (Phi) is 7.51. The lowest BCUT2D eigenvalue weighted by Crippen LogP contribution is -2.18. The van der Waals surface area contributed by atoms with Crippen molar-refractivity contribution in [2.45, 2.75) is 31.5 Å². The zero-order valence-corrected chi connectivity index (χ0v) is 12.4. The van der Waals surface area contributed by atoms with Crippen LogP contribution < -0.4 is 5.73 Å². The lowest BCUT2D eigenvalue weighted by Gasteiger charge is -2.16. The molecule has 1 rings (SSSR count). The van der Waals surface area contributed by atoms with Gasteiger partial charge in [0.1, 0.15) is 0 Å². The van der Waals surface area contributed by atoms with Gasteiger partial charge in [-0.25, -0.2) is 0 Å². The van der Waals surface area contributed by atoms with Crippen LogP contribution in [0.15, 0.2) is 23.1 Å². The first-order valence-corrected chi connectivity index (χ1v) is 7.44. The van der Waals surface area contributed by atoms with Crippen LogP contribution in [0, 0.1) is 0 Å². The van der Waals surface area contributed by atoms with Crippen LogP contribution in [0.25, 0.3) is 0 Å². The Hall–Kier alpha value is -0.420. The molecule has 2 N–H and O–H groups in total. The fourth-order valence-electron chi connectivity index (χ4n) is 1.46. The van der Waals surface area contributed by atoms with Crippen molar-refractivity contribution in [2.75, 3.05) is 24.7 Å². The molecule has 0 aliphatic heterocycles. The molecule has 0 atom stereocenters. The second kappa shape index (κ2) is 8.64. The zero-order chi connectivity index (χ0) is 13.4. The Morgan fingerprint density at radius 1 is 1.28 bits per heavy atom. The second-order valence-corrected chi connectivity index (χ2v) is 5.24. The number of hydrogen-bond donors (Lipinski definition) is 1. The molecule has 1 aromatic rings. The largest absolute Gasteiger partial charge is 0.398 e. The zero-order valence-electron chi connectivity index (χ0n) is 10.8. The Bertz CT molecular complexity index is 357. The fourth-order valence-corrected chi connectivity index (χ4v) is 2.61. The molecule has 0 amide bonds. The quantitative estimate of drug-likeness (QED) is 0.449. The normalized spacial score (nSPS) is 11.1. The van der Waals surface area contributed by atoms with Crippen molar-refractivity contribution in [3.63, 3.8) is 0 Å². The molecular formula is C13H20ClNO2S. The van der Waals surface area contributed by atoms with E-state index in [0.29, 0.717) is 23.9 Å². The van der Waals surface area contributed by atoms with Crippen LogP contribution in [0.5, 0.6) is 0 Å². The van der Waals surface area contributed by atoms with E-state index < -0.39 is 0 Å². The van der Waals surface area contributed by atoms with Crippen LogP contribution in [0.4, 0.5) is 5.69 Å². The van der Waals surface area contributed by atoms with Gasteiger partial charge >= 0.3 is 0 Å². The van der Waals surface area contributed by atoms with Gasteiger partial charge in [0.15, 0.2) is 6.29 Å². The highest BCUT2D eigenvalue weighted by Gasteiger charge is 2.08. The third-order valence-electron chi connectivity index (χ3n) is 2.30. The molecule has 0 spiro atoms. The number of ether oxygens (including phenoxy) is 2. The second-order valence-electron chi connectivity index (χ2n) is 3.66. The molecule has 0 aliphatic rings. The molecular weight excluding hydrogens is 270 g/mol. The van der Waals surface area contributed by atoms with E-state index >= 15 is 0 Å².